The molecule has 6 rings (SSSR count). The standard InChI is InChI=1S/C35H37F2N5O3.ClH/c1-21(29-17-25(23-12-14-38-15-13-23)7-6-24(29)5-4-22-2-3-22)40-35(45)32-18-28(37)20-42(32)33(43)19-39-34(44)31-10-8-26-16-27(36)9-11-30(26)41-31;/h4-12,16-17,21-22,28,32,38H,2-3,13-15,18-20H2,1H3,(H,39,44)(H,40,45);1H/b5-4+;/t21-,28+,32-;/m0./s1. The van der Waals surface area contributed by atoms with Gasteiger partial charge in [0.2, 0.25) is 11.8 Å². The van der Waals surface area contributed by atoms with Crippen molar-refractivity contribution in [2.24, 2.45) is 5.92 Å². The van der Waals surface area contributed by atoms with E-state index in [1.165, 1.54) is 47.6 Å². The van der Waals surface area contributed by atoms with Gasteiger partial charge >= 0.3 is 0 Å². The molecular weight excluding hydrogens is 612 g/mol. The average molecular weight is 650 g/mol. The van der Waals surface area contributed by atoms with Crippen molar-refractivity contribution in [3.05, 3.63) is 88.9 Å². The van der Waals surface area contributed by atoms with Crippen molar-refractivity contribution in [2.75, 3.05) is 26.2 Å². The fourth-order valence-electron chi connectivity index (χ4n) is 5.98. The van der Waals surface area contributed by atoms with E-state index >= 15 is 0 Å². The van der Waals surface area contributed by atoms with Gasteiger partial charge in [0.15, 0.2) is 0 Å². The van der Waals surface area contributed by atoms with E-state index in [2.05, 4.69) is 57.4 Å². The number of aromatic nitrogens is 1. The first kappa shape index (κ1) is 33.2. The number of hydrogen-bond acceptors (Lipinski definition) is 5. The van der Waals surface area contributed by atoms with Crippen LogP contribution in [-0.2, 0) is 9.59 Å². The summed E-state index contributed by atoms with van der Waals surface area (Å²) in [4.78, 5) is 44.9. The van der Waals surface area contributed by atoms with Crippen LogP contribution in [0.5, 0.6) is 0 Å². The number of pyridine rings is 1. The minimum Gasteiger partial charge on any atom is -0.348 e. The topological polar surface area (TPSA) is 103 Å². The van der Waals surface area contributed by atoms with Crippen molar-refractivity contribution >= 4 is 52.7 Å². The molecule has 242 valence electrons. The molecule has 2 aromatic carbocycles. The smallest absolute Gasteiger partial charge is 0.270 e. The number of halogens is 3. The van der Waals surface area contributed by atoms with Crippen LogP contribution in [0.3, 0.4) is 0 Å². The van der Waals surface area contributed by atoms with Gasteiger partial charge in [0.1, 0.15) is 23.7 Å². The Hall–Kier alpha value is -4.15. The third-order valence-electron chi connectivity index (χ3n) is 8.67. The maximum Gasteiger partial charge on any atom is 0.270 e. The molecule has 3 atom stereocenters. The molecule has 3 N–H and O–H groups in total. The van der Waals surface area contributed by atoms with E-state index in [1.54, 1.807) is 6.07 Å². The molecular formula is C35H38ClF2N5O3. The van der Waals surface area contributed by atoms with Crippen molar-refractivity contribution in [3.63, 3.8) is 0 Å². The largest absolute Gasteiger partial charge is 0.348 e. The normalized spacial score (nSPS) is 20.2. The van der Waals surface area contributed by atoms with E-state index < -0.39 is 42.3 Å². The number of rotatable bonds is 9. The summed E-state index contributed by atoms with van der Waals surface area (Å²) in [5.41, 5.74) is 4.85. The molecule has 0 unspecified atom stereocenters. The Morgan fingerprint density at radius 2 is 1.96 bits per heavy atom. The summed E-state index contributed by atoms with van der Waals surface area (Å²) >= 11 is 0. The summed E-state index contributed by atoms with van der Waals surface area (Å²) in [6, 6.07) is 12.0. The second-order valence-corrected chi connectivity index (χ2v) is 12.1. The molecule has 46 heavy (non-hydrogen) atoms. The van der Waals surface area contributed by atoms with Crippen LogP contribution in [0.1, 0.15) is 65.8 Å². The molecule has 1 aromatic heterocycles. The zero-order valence-electron chi connectivity index (χ0n) is 25.6. The van der Waals surface area contributed by atoms with E-state index in [1.807, 2.05) is 6.92 Å². The molecule has 8 nitrogen and oxygen atoms in total. The summed E-state index contributed by atoms with van der Waals surface area (Å²) in [6.07, 6.45) is 8.33. The Morgan fingerprint density at radius 3 is 2.72 bits per heavy atom. The summed E-state index contributed by atoms with van der Waals surface area (Å²) in [6.45, 7) is 2.98. The zero-order chi connectivity index (χ0) is 31.5. The molecule has 11 heteroatoms. The van der Waals surface area contributed by atoms with E-state index in [-0.39, 0.29) is 37.1 Å². The Kier molecular flexibility index (Phi) is 10.5. The molecule has 2 fully saturated rings. The van der Waals surface area contributed by atoms with Gasteiger partial charge in [0, 0.05) is 18.4 Å². The Balaban J connectivity index is 0.00000417. The number of allylic oxidation sites excluding steroid dienone is 1. The second-order valence-electron chi connectivity index (χ2n) is 12.1. The predicted octanol–water partition coefficient (Wildman–Crippen LogP) is 5.14. The number of likely N-dealkylation sites (tertiary alicyclic amines) is 1. The lowest BCUT2D eigenvalue weighted by Gasteiger charge is -2.26. The van der Waals surface area contributed by atoms with Crippen molar-refractivity contribution in [1.82, 2.24) is 25.8 Å². The van der Waals surface area contributed by atoms with Crippen LogP contribution in [-0.4, -0.2) is 66.0 Å². The fourth-order valence-corrected chi connectivity index (χ4v) is 5.98. The highest BCUT2D eigenvalue weighted by Gasteiger charge is 2.40. The van der Waals surface area contributed by atoms with Crippen molar-refractivity contribution in [2.45, 2.75) is 50.9 Å². The molecule has 0 spiro atoms. The van der Waals surface area contributed by atoms with Crippen LogP contribution in [0.15, 0.2) is 60.7 Å². The molecule has 1 saturated heterocycles. The lowest BCUT2D eigenvalue weighted by atomic mass is 9.92. The summed E-state index contributed by atoms with van der Waals surface area (Å²) in [7, 11) is 0. The summed E-state index contributed by atoms with van der Waals surface area (Å²) < 4.78 is 28.1. The number of carbonyl (C=O) groups excluding carboxylic acids is 3. The lowest BCUT2D eigenvalue weighted by molar-refractivity contribution is -0.138. The lowest BCUT2D eigenvalue weighted by Crippen LogP contribution is -2.49. The van der Waals surface area contributed by atoms with Crippen LogP contribution in [0.25, 0.3) is 22.6 Å². The number of benzene rings is 2. The molecule has 3 aliphatic rings. The first-order chi connectivity index (χ1) is 21.7. The second kappa shape index (κ2) is 14.5. The number of alkyl halides is 1. The van der Waals surface area contributed by atoms with Crippen LogP contribution >= 0.6 is 12.4 Å². The third-order valence-corrected chi connectivity index (χ3v) is 8.67. The number of fused-ring (bicyclic) bond motifs is 1. The van der Waals surface area contributed by atoms with E-state index in [0.717, 1.165) is 36.2 Å². The Morgan fingerprint density at radius 1 is 1.13 bits per heavy atom. The van der Waals surface area contributed by atoms with Gasteiger partial charge in [0.05, 0.1) is 24.6 Å². The molecule has 2 aliphatic heterocycles. The maximum absolute atomic E-state index is 14.6. The van der Waals surface area contributed by atoms with Crippen LogP contribution in [0.2, 0.25) is 0 Å². The maximum atomic E-state index is 14.6. The summed E-state index contributed by atoms with van der Waals surface area (Å²) in [5, 5.41) is 9.44. The van der Waals surface area contributed by atoms with Gasteiger partial charge < -0.3 is 20.9 Å². The molecule has 3 aromatic rings. The highest BCUT2D eigenvalue weighted by atomic mass is 35.5. The van der Waals surface area contributed by atoms with Crippen molar-refractivity contribution < 1.29 is 23.2 Å². The molecule has 1 saturated carbocycles. The minimum atomic E-state index is -1.36. The molecule has 0 radical (unpaired) electrons. The van der Waals surface area contributed by atoms with Crippen LogP contribution in [0.4, 0.5) is 8.78 Å². The number of nitrogens with zero attached hydrogens (tertiary/aromatic N) is 2. The first-order valence-corrected chi connectivity index (χ1v) is 15.6. The number of nitrogens with one attached hydrogen (secondary N) is 3. The van der Waals surface area contributed by atoms with Gasteiger partial charge in [-0.1, -0.05) is 36.4 Å². The average Bonchev–Trinajstić information content (AvgIpc) is 3.80. The monoisotopic (exact) mass is 649 g/mol. The highest BCUT2D eigenvalue weighted by molar-refractivity contribution is 5.97. The van der Waals surface area contributed by atoms with Gasteiger partial charge in [-0.3, -0.25) is 14.4 Å². The predicted molar refractivity (Wildman–Crippen MR) is 177 cm³/mol. The molecule has 3 heterocycles. The first-order valence-electron chi connectivity index (χ1n) is 15.6. The van der Waals surface area contributed by atoms with Crippen molar-refractivity contribution in [1.29, 1.82) is 0 Å². The SMILES string of the molecule is C[C@H](NC(=O)[C@@H]1C[C@@H](F)CN1C(=O)CNC(=O)c1ccc2cc(F)ccc2n1)c1cc(C2=CCNCC2)ccc1/C=C/C1CC1.Cl. The van der Waals surface area contributed by atoms with Crippen molar-refractivity contribution in [3.8, 4) is 0 Å². The van der Waals surface area contributed by atoms with Gasteiger partial charge in [0.25, 0.3) is 5.91 Å². The fraction of sp³-hybridized carbons (Fsp3) is 0.371. The van der Waals surface area contributed by atoms with Crippen LogP contribution < -0.4 is 16.0 Å². The minimum absolute atomic E-state index is 0. The molecule has 3 amide bonds. The van der Waals surface area contributed by atoms with E-state index in [0.29, 0.717) is 16.8 Å². The Labute approximate surface area is 273 Å². The third kappa shape index (κ3) is 7.79. The number of hydrogen-bond donors (Lipinski definition) is 3. The van der Waals surface area contributed by atoms with Gasteiger partial charge in [-0.05, 0) is 91.2 Å². The van der Waals surface area contributed by atoms with E-state index in [9.17, 15) is 23.2 Å². The zero-order valence-corrected chi connectivity index (χ0v) is 26.4. The number of amides is 3. The summed E-state index contributed by atoms with van der Waals surface area (Å²) in [5.74, 6) is -1.42. The number of carbonyl (C=O) groups is 3. The van der Waals surface area contributed by atoms with Crippen LogP contribution in [0, 0.1) is 11.7 Å². The van der Waals surface area contributed by atoms with Gasteiger partial charge in [-0.15, -0.1) is 12.4 Å². The molecule has 1 aliphatic carbocycles. The highest BCUT2D eigenvalue weighted by Crippen LogP contribution is 2.33. The van der Waals surface area contributed by atoms with Gasteiger partial charge in [-0.2, -0.15) is 0 Å². The quantitative estimate of drug-likeness (QED) is 0.298. The Bertz CT molecular complexity index is 1690. The van der Waals surface area contributed by atoms with E-state index in [4.69, 9.17) is 0 Å². The molecule has 0 bridgehead atoms. The van der Waals surface area contributed by atoms with Gasteiger partial charge in [-0.25, -0.2) is 13.8 Å².